The molecule has 0 aromatic heterocycles. The van der Waals surface area contributed by atoms with E-state index in [1.807, 2.05) is 12.1 Å². The van der Waals surface area contributed by atoms with Gasteiger partial charge in [0, 0.05) is 32.3 Å². The van der Waals surface area contributed by atoms with Crippen molar-refractivity contribution in [1.82, 2.24) is 0 Å². The SMILES string of the molecule is C=C([C@H](C)C[C@@H](C)CC[C@@H]1O[C@@H](CCC2OCCCO2)CC1=C)[C@H](O)C[C@@H]1O[C@H](C[C@@H](CO[Si](C)(C)C(C)(C)C)O[Si](C)(C)C(C)(C)C)[C@H](OC)[C@H]1CS(=O)(=O)c1ccc(CC)cc1. The molecule has 3 aliphatic heterocycles. The molecule has 1 aromatic rings. The van der Waals surface area contributed by atoms with E-state index in [0.717, 1.165) is 81.3 Å². The highest BCUT2D eigenvalue weighted by Gasteiger charge is 2.50. The van der Waals surface area contributed by atoms with Crippen LogP contribution in [-0.4, -0.2) is 112 Å². The number of aliphatic hydroxyl groups is 1. The van der Waals surface area contributed by atoms with Gasteiger partial charge >= 0.3 is 0 Å². The second-order valence-electron chi connectivity index (χ2n) is 22.5. The van der Waals surface area contributed by atoms with Crippen LogP contribution in [0.25, 0.3) is 0 Å². The fraction of sp³-hybridized carbons (Fsp3) is 0.804. The highest BCUT2D eigenvalue weighted by molar-refractivity contribution is 7.91. The number of ether oxygens (including phenoxy) is 5. The van der Waals surface area contributed by atoms with Gasteiger partial charge in [0.05, 0.1) is 73.2 Å². The minimum absolute atomic E-state index is 0.0183. The maximum atomic E-state index is 14.2. The molecule has 4 rings (SSSR count). The molecule has 0 amide bonds. The van der Waals surface area contributed by atoms with Crippen molar-refractivity contribution in [2.75, 3.05) is 32.7 Å². The molecule has 1 aromatic carbocycles. The zero-order chi connectivity index (χ0) is 47.8. The topological polar surface area (TPSA) is 119 Å². The summed E-state index contributed by atoms with van der Waals surface area (Å²) in [5.41, 5.74) is 2.97. The van der Waals surface area contributed by atoms with E-state index in [2.05, 4.69) is 102 Å². The van der Waals surface area contributed by atoms with Crippen LogP contribution < -0.4 is 0 Å². The fourth-order valence-corrected chi connectivity index (χ4v) is 13.0. The van der Waals surface area contributed by atoms with Crippen LogP contribution in [0.5, 0.6) is 0 Å². The maximum Gasteiger partial charge on any atom is 0.192 e. The smallest absolute Gasteiger partial charge is 0.192 e. The van der Waals surface area contributed by atoms with E-state index < -0.39 is 56.8 Å². The van der Waals surface area contributed by atoms with Crippen molar-refractivity contribution >= 4 is 26.5 Å². The number of rotatable bonds is 24. The van der Waals surface area contributed by atoms with Crippen molar-refractivity contribution in [3.05, 3.63) is 54.1 Å². The third kappa shape index (κ3) is 15.4. The summed E-state index contributed by atoms with van der Waals surface area (Å²) in [6.45, 7) is 39.6. The van der Waals surface area contributed by atoms with Gasteiger partial charge in [0.15, 0.2) is 32.8 Å². The molecule has 0 unspecified atom stereocenters. The Morgan fingerprint density at radius 3 is 2.11 bits per heavy atom. The first-order valence-electron chi connectivity index (χ1n) is 24.4. The van der Waals surface area contributed by atoms with Gasteiger partial charge in [-0.15, -0.1) is 0 Å². The number of hydrogen-bond donors (Lipinski definition) is 1. The number of aryl methyl sites for hydroxylation is 1. The van der Waals surface area contributed by atoms with E-state index in [-0.39, 0.29) is 57.7 Å². The van der Waals surface area contributed by atoms with Crippen LogP contribution in [0.1, 0.15) is 126 Å². The third-order valence-electron chi connectivity index (χ3n) is 15.3. The van der Waals surface area contributed by atoms with Crippen molar-refractivity contribution in [2.24, 2.45) is 17.8 Å². The molecule has 13 heteroatoms. The predicted molar refractivity (Wildman–Crippen MR) is 265 cm³/mol. The van der Waals surface area contributed by atoms with Crippen LogP contribution in [0.15, 0.2) is 53.5 Å². The standard InChI is InChI=1S/C51H90O10SSi2/c1-17-39-20-23-42(24-21-39)62(53,54)34-43-46(60-47(49(43)55-12)31-41(61-64(15,16)51(9,10)11)33-58-63(13,14)50(6,7)8)32-44(52)38(5)36(3)29-35(2)19-25-45-37(4)30-40(59-45)22-26-48-56-27-18-28-57-48/h20-21,23-24,35-36,40-41,43-49,52H,4-5,17-19,22,25-34H2,1-3,6-16H3/t35-,36+,40-,41-,43-,44+,45-,46-,47+,49+/m0/s1. The van der Waals surface area contributed by atoms with E-state index >= 15 is 0 Å². The van der Waals surface area contributed by atoms with Gasteiger partial charge in [0.25, 0.3) is 0 Å². The molecule has 3 aliphatic rings. The van der Waals surface area contributed by atoms with E-state index in [4.69, 9.17) is 32.5 Å². The Morgan fingerprint density at radius 1 is 0.906 bits per heavy atom. The lowest BCUT2D eigenvalue weighted by Gasteiger charge is -2.42. The molecule has 0 spiro atoms. The Morgan fingerprint density at radius 2 is 1.53 bits per heavy atom. The van der Waals surface area contributed by atoms with Crippen molar-refractivity contribution in [3.63, 3.8) is 0 Å². The van der Waals surface area contributed by atoms with Gasteiger partial charge in [-0.1, -0.05) is 87.6 Å². The van der Waals surface area contributed by atoms with Crippen LogP contribution in [0.3, 0.4) is 0 Å². The van der Waals surface area contributed by atoms with Crippen molar-refractivity contribution < 1.29 is 46.1 Å². The van der Waals surface area contributed by atoms with Crippen molar-refractivity contribution in [2.45, 2.75) is 217 Å². The van der Waals surface area contributed by atoms with Gasteiger partial charge in [-0.25, -0.2) is 8.42 Å². The summed E-state index contributed by atoms with van der Waals surface area (Å²) in [5.74, 6) is -0.309. The molecular weight excluding hydrogens is 861 g/mol. The number of sulfone groups is 1. The Balaban J connectivity index is 1.48. The van der Waals surface area contributed by atoms with Gasteiger partial charge < -0.3 is 37.6 Å². The van der Waals surface area contributed by atoms with Crippen molar-refractivity contribution in [1.29, 1.82) is 0 Å². The van der Waals surface area contributed by atoms with Gasteiger partial charge in [0.2, 0.25) is 0 Å². The normalized spacial score (nSPS) is 26.3. The van der Waals surface area contributed by atoms with Crippen LogP contribution in [-0.2, 0) is 48.8 Å². The molecule has 3 saturated heterocycles. The summed E-state index contributed by atoms with van der Waals surface area (Å²) in [5, 5.41) is 11.9. The molecule has 10 atom stereocenters. The average Bonchev–Trinajstić information content (AvgIpc) is 3.73. The molecule has 10 nitrogen and oxygen atoms in total. The van der Waals surface area contributed by atoms with Crippen LogP contribution in [0.2, 0.25) is 36.3 Å². The van der Waals surface area contributed by atoms with Crippen molar-refractivity contribution in [3.8, 4) is 0 Å². The zero-order valence-electron chi connectivity index (χ0n) is 42.5. The predicted octanol–water partition coefficient (Wildman–Crippen LogP) is 11.2. The third-order valence-corrected chi connectivity index (χ3v) is 26.2. The lowest BCUT2D eigenvalue weighted by molar-refractivity contribution is -0.184. The molecule has 1 N–H and O–H groups in total. The lowest BCUT2D eigenvalue weighted by atomic mass is 9.84. The minimum Gasteiger partial charge on any atom is -0.414 e. The number of hydrogen-bond acceptors (Lipinski definition) is 10. The molecule has 368 valence electrons. The first-order valence-corrected chi connectivity index (χ1v) is 31.9. The highest BCUT2D eigenvalue weighted by atomic mass is 32.2. The molecule has 3 fully saturated rings. The number of benzene rings is 1. The Hall–Kier alpha value is -1.24. The van der Waals surface area contributed by atoms with Crippen LogP contribution in [0.4, 0.5) is 0 Å². The largest absolute Gasteiger partial charge is 0.414 e. The molecule has 64 heavy (non-hydrogen) atoms. The summed E-state index contributed by atoms with van der Waals surface area (Å²) in [6, 6.07) is 7.17. The zero-order valence-corrected chi connectivity index (χ0v) is 45.3. The van der Waals surface area contributed by atoms with Gasteiger partial charge in [0.1, 0.15) is 0 Å². The Labute approximate surface area is 392 Å². The first kappa shape index (κ1) is 55.4. The van der Waals surface area contributed by atoms with E-state index in [0.29, 0.717) is 18.9 Å². The molecule has 0 saturated carbocycles. The molecular formula is C51H90O10SSi2. The molecule has 0 bridgehead atoms. The average molecular weight is 952 g/mol. The van der Waals surface area contributed by atoms with E-state index in [9.17, 15) is 13.5 Å². The quantitative estimate of drug-likeness (QED) is 0.0792. The maximum absolute atomic E-state index is 14.2. The molecule has 3 heterocycles. The highest BCUT2D eigenvalue weighted by Crippen LogP contribution is 2.43. The Bertz CT molecular complexity index is 1730. The number of aliphatic hydroxyl groups excluding tert-OH is 1. The summed E-state index contributed by atoms with van der Waals surface area (Å²) >= 11 is 0. The lowest BCUT2D eigenvalue weighted by Crippen LogP contribution is -2.49. The Kier molecular flexibility index (Phi) is 20.2. The number of methoxy groups -OCH3 is 1. The minimum atomic E-state index is -3.74. The second kappa shape index (κ2) is 23.4. The first-order chi connectivity index (χ1) is 29.7. The van der Waals surface area contributed by atoms with E-state index in [1.54, 1.807) is 19.2 Å². The summed E-state index contributed by atoms with van der Waals surface area (Å²) < 4.78 is 73.5. The van der Waals surface area contributed by atoms with Crippen LogP contribution >= 0.6 is 0 Å². The summed E-state index contributed by atoms with van der Waals surface area (Å²) in [4.78, 5) is 0.280. The fourth-order valence-electron chi connectivity index (χ4n) is 8.92. The van der Waals surface area contributed by atoms with Gasteiger partial charge in [-0.3, -0.25) is 0 Å². The second-order valence-corrected chi connectivity index (χ2v) is 34.1. The summed E-state index contributed by atoms with van der Waals surface area (Å²) in [7, 11) is -6.50. The summed E-state index contributed by atoms with van der Waals surface area (Å²) in [6.07, 6.45) is 5.07. The van der Waals surface area contributed by atoms with Crippen LogP contribution in [0, 0.1) is 17.8 Å². The molecule has 0 radical (unpaired) electrons. The van der Waals surface area contributed by atoms with Gasteiger partial charge in [-0.2, -0.15) is 0 Å². The van der Waals surface area contributed by atoms with Gasteiger partial charge in [-0.05, 0) is 122 Å². The van der Waals surface area contributed by atoms with E-state index in [1.165, 1.54) is 0 Å². The molecule has 0 aliphatic carbocycles. The monoisotopic (exact) mass is 951 g/mol.